The maximum Gasteiger partial charge on any atom is 0.156 e. The highest BCUT2D eigenvalue weighted by molar-refractivity contribution is 9.10. The average Bonchev–Trinajstić information content (AvgIpc) is 2.09. The largest absolute Gasteiger partial charge is 0.490 e. The smallest absolute Gasteiger partial charge is 0.156 e. The molecule has 0 unspecified atom stereocenters. The Morgan fingerprint density at radius 3 is 2.71 bits per heavy atom. The third-order valence-corrected chi connectivity index (χ3v) is 2.55. The molecule has 0 aliphatic carbocycles. The van der Waals surface area contributed by atoms with E-state index in [4.69, 9.17) is 10.5 Å². The van der Waals surface area contributed by atoms with Crippen LogP contribution in [0.1, 0.15) is 25.3 Å². The van der Waals surface area contributed by atoms with Gasteiger partial charge in [-0.2, -0.15) is 0 Å². The molecule has 0 aliphatic heterocycles. The van der Waals surface area contributed by atoms with Crippen LogP contribution in [-0.4, -0.2) is 6.61 Å². The maximum atomic E-state index is 5.85. The number of rotatable bonds is 4. The molecular weight excluding hydrogens is 242 g/mol. The summed E-state index contributed by atoms with van der Waals surface area (Å²) in [5.74, 6) is 0.768. The van der Waals surface area contributed by atoms with E-state index in [9.17, 15) is 0 Å². The molecule has 0 spiro atoms. The van der Waals surface area contributed by atoms with Crippen LogP contribution in [0.3, 0.4) is 0 Å². The molecule has 0 saturated carbocycles. The lowest BCUT2D eigenvalue weighted by atomic mass is 10.2. The Bertz CT molecular complexity index is 289. The molecule has 0 aliphatic rings. The summed E-state index contributed by atoms with van der Waals surface area (Å²) < 4.78 is 6.53. The standard InChI is InChI=1S/C11H16BrNO/c1-3-4-5-14-11-9(12)6-8(2)7-10(11)13/h6-7H,3-5,13H2,1-2H3. The molecule has 2 nitrogen and oxygen atoms in total. The van der Waals surface area contributed by atoms with Gasteiger partial charge in [0.05, 0.1) is 16.8 Å². The number of hydrogen-bond donors (Lipinski definition) is 1. The quantitative estimate of drug-likeness (QED) is 0.662. The number of unbranched alkanes of at least 4 members (excludes halogenated alkanes) is 1. The highest BCUT2D eigenvalue weighted by Crippen LogP contribution is 2.32. The van der Waals surface area contributed by atoms with Crippen molar-refractivity contribution in [3.05, 3.63) is 22.2 Å². The van der Waals surface area contributed by atoms with Crippen LogP contribution in [0.5, 0.6) is 5.75 Å². The van der Waals surface area contributed by atoms with Gasteiger partial charge in [0.2, 0.25) is 0 Å². The van der Waals surface area contributed by atoms with E-state index in [2.05, 4.69) is 22.9 Å². The lowest BCUT2D eigenvalue weighted by Crippen LogP contribution is -2.01. The van der Waals surface area contributed by atoms with Gasteiger partial charge in [-0.15, -0.1) is 0 Å². The summed E-state index contributed by atoms with van der Waals surface area (Å²) in [7, 11) is 0. The van der Waals surface area contributed by atoms with Crippen LogP contribution >= 0.6 is 15.9 Å². The van der Waals surface area contributed by atoms with E-state index in [0.29, 0.717) is 5.69 Å². The molecule has 0 bridgehead atoms. The number of nitrogen functional groups attached to an aromatic ring is 1. The number of anilines is 1. The summed E-state index contributed by atoms with van der Waals surface area (Å²) in [6.07, 6.45) is 2.18. The van der Waals surface area contributed by atoms with Crippen LogP contribution in [0.15, 0.2) is 16.6 Å². The number of aryl methyl sites for hydroxylation is 1. The summed E-state index contributed by atoms with van der Waals surface area (Å²) in [5.41, 5.74) is 7.69. The van der Waals surface area contributed by atoms with Gasteiger partial charge in [0.15, 0.2) is 5.75 Å². The van der Waals surface area contributed by atoms with Gasteiger partial charge in [0.25, 0.3) is 0 Å². The number of nitrogens with two attached hydrogens (primary N) is 1. The number of hydrogen-bond acceptors (Lipinski definition) is 2. The molecule has 78 valence electrons. The van der Waals surface area contributed by atoms with E-state index in [-0.39, 0.29) is 0 Å². The highest BCUT2D eigenvalue weighted by Gasteiger charge is 2.06. The Kier molecular flexibility index (Phi) is 4.26. The highest BCUT2D eigenvalue weighted by atomic mass is 79.9. The molecule has 0 saturated heterocycles. The molecule has 1 aromatic carbocycles. The normalized spacial score (nSPS) is 10.2. The monoisotopic (exact) mass is 257 g/mol. The fourth-order valence-electron chi connectivity index (χ4n) is 1.23. The van der Waals surface area contributed by atoms with E-state index in [1.807, 2.05) is 19.1 Å². The van der Waals surface area contributed by atoms with Gasteiger partial charge in [-0.25, -0.2) is 0 Å². The summed E-state index contributed by atoms with van der Waals surface area (Å²) in [5, 5.41) is 0. The molecule has 3 heteroatoms. The van der Waals surface area contributed by atoms with Crippen molar-refractivity contribution < 1.29 is 4.74 Å². The van der Waals surface area contributed by atoms with Crippen molar-refractivity contribution in [2.45, 2.75) is 26.7 Å². The first-order chi connectivity index (χ1) is 6.65. The summed E-state index contributed by atoms with van der Waals surface area (Å²) >= 11 is 3.45. The fourth-order valence-corrected chi connectivity index (χ4v) is 1.93. The second kappa shape index (κ2) is 5.25. The minimum Gasteiger partial charge on any atom is -0.490 e. The maximum absolute atomic E-state index is 5.85. The zero-order valence-electron chi connectivity index (χ0n) is 8.64. The van der Waals surface area contributed by atoms with E-state index in [0.717, 1.165) is 35.2 Å². The first kappa shape index (κ1) is 11.4. The Labute approximate surface area is 93.6 Å². The topological polar surface area (TPSA) is 35.2 Å². The second-order valence-corrected chi connectivity index (χ2v) is 4.22. The van der Waals surface area contributed by atoms with E-state index in [1.54, 1.807) is 0 Å². The van der Waals surface area contributed by atoms with Crippen molar-refractivity contribution in [1.82, 2.24) is 0 Å². The third-order valence-electron chi connectivity index (χ3n) is 1.96. The van der Waals surface area contributed by atoms with Crippen LogP contribution in [0.25, 0.3) is 0 Å². The van der Waals surface area contributed by atoms with Gasteiger partial charge in [0.1, 0.15) is 0 Å². The summed E-state index contributed by atoms with van der Waals surface area (Å²) in [4.78, 5) is 0. The molecule has 1 rings (SSSR count). The summed E-state index contributed by atoms with van der Waals surface area (Å²) in [6, 6.07) is 3.93. The number of halogens is 1. The minimum absolute atomic E-state index is 0.702. The van der Waals surface area contributed by atoms with Crippen molar-refractivity contribution in [3.8, 4) is 5.75 Å². The van der Waals surface area contributed by atoms with Gasteiger partial charge in [-0.1, -0.05) is 13.3 Å². The molecule has 0 aromatic heterocycles. The van der Waals surface area contributed by atoms with Gasteiger partial charge < -0.3 is 10.5 Å². The van der Waals surface area contributed by atoms with Gasteiger partial charge in [-0.05, 0) is 47.0 Å². The number of ether oxygens (including phenoxy) is 1. The van der Waals surface area contributed by atoms with Gasteiger partial charge in [-0.3, -0.25) is 0 Å². The predicted molar refractivity (Wildman–Crippen MR) is 63.7 cm³/mol. The minimum atomic E-state index is 0.702. The van der Waals surface area contributed by atoms with Crippen LogP contribution < -0.4 is 10.5 Å². The van der Waals surface area contributed by atoms with E-state index in [1.165, 1.54) is 0 Å². The third kappa shape index (κ3) is 2.91. The Balaban J connectivity index is 2.75. The van der Waals surface area contributed by atoms with Gasteiger partial charge >= 0.3 is 0 Å². The molecule has 14 heavy (non-hydrogen) atoms. The van der Waals surface area contributed by atoms with E-state index < -0.39 is 0 Å². The van der Waals surface area contributed by atoms with Crippen molar-refractivity contribution in [2.24, 2.45) is 0 Å². The second-order valence-electron chi connectivity index (χ2n) is 3.37. The Morgan fingerprint density at radius 1 is 1.43 bits per heavy atom. The van der Waals surface area contributed by atoms with Crippen LogP contribution in [0.4, 0.5) is 5.69 Å². The van der Waals surface area contributed by atoms with Crippen molar-refractivity contribution >= 4 is 21.6 Å². The SMILES string of the molecule is CCCCOc1c(N)cc(C)cc1Br. The van der Waals surface area contributed by atoms with Gasteiger partial charge in [0, 0.05) is 0 Å². The first-order valence-corrected chi connectivity index (χ1v) is 5.63. The van der Waals surface area contributed by atoms with Crippen LogP contribution in [0, 0.1) is 6.92 Å². The van der Waals surface area contributed by atoms with Crippen LogP contribution in [-0.2, 0) is 0 Å². The molecule has 0 amide bonds. The Hall–Kier alpha value is -0.700. The molecule has 2 N–H and O–H groups in total. The molecule has 0 atom stereocenters. The first-order valence-electron chi connectivity index (χ1n) is 4.83. The predicted octanol–water partition coefficient (Wildman–Crippen LogP) is 3.52. The molecule has 1 aromatic rings. The summed E-state index contributed by atoms with van der Waals surface area (Å²) in [6.45, 7) is 4.87. The zero-order valence-corrected chi connectivity index (χ0v) is 10.2. The molecule has 0 fully saturated rings. The Morgan fingerprint density at radius 2 is 2.14 bits per heavy atom. The fraction of sp³-hybridized carbons (Fsp3) is 0.455. The molecular formula is C11H16BrNO. The lowest BCUT2D eigenvalue weighted by Gasteiger charge is -2.11. The van der Waals surface area contributed by atoms with E-state index >= 15 is 0 Å². The lowest BCUT2D eigenvalue weighted by molar-refractivity contribution is 0.309. The molecule has 0 radical (unpaired) electrons. The van der Waals surface area contributed by atoms with Crippen molar-refractivity contribution in [3.63, 3.8) is 0 Å². The van der Waals surface area contributed by atoms with Crippen LogP contribution in [0.2, 0.25) is 0 Å². The molecule has 0 heterocycles. The number of benzene rings is 1. The van der Waals surface area contributed by atoms with Crippen molar-refractivity contribution in [1.29, 1.82) is 0 Å². The van der Waals surface area contributed by atoms with Crippen molar-refractivity contribution in [2.75, 3.05) is 12.3 Å². The zero-order chi connectivity index (χ0) is 10.6. The average molecular weight is 258 g/mol.